The molecule has 0 unspecified atom stereocenters. The van der Waals surface area contributed by atoms with Crippen molar-refractivity contribution in [2.45, 2.75) is 44.8 Å². The van der Waals surface area contributed by atoms with Gasteiger partial charge < -0.3 is 4.42 Å². The lowest BCUT2D eigenvalue weighted by Gasteiger charge is -2.15. The fraction of sp³-hybridized carbons (Fsp3) is 0.350. The largest absolute Gasteiger partial charge is 0.430 e. The van der Waals surface area contributed by atoms with Crippen LogP contribution in [0, 0.1) is 6.92 Å². The molecule has 4 heterocycles. The van der Waals surface area contributed by atoms with Gasteiger partial charge in [0.1, 0.15) is 11.3 Å². The summed E-state index contributed by atoms with van der Waals surface area (Å²) in [4.78, 5) is 22.3. The summed E-state index contributed by atoms with van der Waals surface area (Å²) in [6.45, 7) is 1.65. The number of nitrogens with zero attached hydrogens (tertiary/aromatic N) is 3. The van der Waals surface area contributed by atoms with Crippen LogP contribution >= 0.6 is 11.3 Å². The zero-order chi connectivity index (χ0) is 20.3. The van der Waals surface area contributed by atoms with E-state index in [0.29, 0.717) is 10.7 Å². The third-order valence-corrected chi connectivity index (χ3v) is 6.33. The third-order valence-electron chi connectivity index (χ3n) is 5.44. The Kier molecular flexibility index (Phi) is 4.06. The Balaban J connectivity index is 1.86. The summed E-state index contributed by atoms with van der Waals surface area (Å²) in [6.07, 6.45) is -0.914. The maximum atomic E-state index is 13.9. The van der Waals surface area contributed by atoms with Gasteiger partial charge in [-0.3, -0.25) is 9.36 Å². The summed E-state index contributed by atoms with van der Waals surface area (Å²) in [5.74, 6) is 0.396. The van der Waals surface area contributed by atoms with E-state index in [1.807, 2.05) is 0 Å². The molecule has 0 saturated heterocycles. The van der Waals surface area contributed by atoms with Gasteiger partial charge in [-0.15, -0.1) is 11.3 Å². The van der Waals surface area contributed by atoms with Crippen molar-refractivity contribution < 1.29 is 17.6 Å². The molecule has 0 radical (unpaired) electrons. The number of rotatable bonds is 2. The van der Waals surface area contributed by atoms with E-state index >= 15 is 0 Å². The molecule has 1 saturated carbocycles. The molecule has 5 rings (SSSR count). The first-order valence-electron chi connectivity index (χ1n) is 9.32. The van der Waals surface area contributed by atoms with Gasteiger partial charge in [0.2, 0.25) is 11.3 Å². The second-order valence-corrected chi connectivity index (χ2v) is 8.21. The van der Waals surface area contributed by atoms with Crippen LogP contribution in [0.5, 0.6) is 0 Å². The molecule has 1 aliphatic rings. The predicted octanol–water partition coefficient (Wildman–Crippen LogP) is 5.71. The van der Waals surface area contributed by atoms with Crippen molar-refractivity contribution in [2.75, 3.05) is 0 Å². The number of hydrogen-bond acceptors (Lipinski definition) is 5. The van der Waals surface area contributed by atoms with Crippen LogP contribution in [-0.2, 0) is 6.18 Å². The second-order valence-electron chi connectivity index (χ2n) is 7.26. The van der Waals surface area contributed by atoms with Gasteiger partial charge in [-0.2, -0.15) is 13.2 Å². The van der Waals surface area contributed by atoms with Crippen molar-refractivity contribution in [3.05, 3.63) is 45.3 Å². The zero-order valence-corrected chi connectivity index (χ0v) is 16.2. The normalized spacial score (nSPS) is 15.7. The Labute approximate surface area is 166 Å². The first-order chi connectivity index (χ1) is 13.8. The van der Waals surface area contributed by atoms with E-state index in [2.05, 4.69) is 9.97 Å². The highest BCUT2D eigenvalue weighted by Gasteiger charge is 2.37. The molecule has 9 heteroatoms. The van der Waals surface area contributed by atoms with Crippen LogP contribution in [0.1, 0.15) is 43.1 Å². The van der Waals surface area contributed by atoms with Gasteiger partial charge >= 0.3 is 6.18 Å². The van der Waals surface area contributed by atoms with Gasteiger partial charge in [0.25, 0.3) is 5.56 Å². The number of aromatic nitrogens is 3. The highest BCUT2D eigenvalue weighted by molar-refractivity contribution is 7.13. The molecule has 0 N–H and O–H groups in total. The number of thiophene rings is 1. The maximum Gasteiger partial charge on any atom is 0.417 e. The fourth-order valence-corrected chi connectivity index (χ4v) is 4.86. The van der Waals surface area contributed by atoms with Crippen LogP contribution in [0.3, 0.4) is 0 Å². The molecule has 0 amide bonds. The molecular weight excluding hydrogens is 403 g/mol. The molecule has 4 aromatic heterocycles. The molecule has 1 fully saturated rings. The molecule has 0 spiro atoms. The lowest BCUT2D eigenvalue weighted by molar-refractivity contribution is -0.136. The van der Waals surface area contributed by atoms with Crippen molar-refractivity contribution in [3.63, 3.8) is 0 Å². The molecule has 5 nitrogen and oxygen atoms in total. The molecule has 0 atom stereocenters. The average molecular weight is 419 g/mol. The minimum absolute atomic E-state index is 0.00402. The van der Waals surface area contributed by atoms with Gasteiger partial charge in [-0.25, -0.2) is 9.97 Å². The predicted molar refractivity (Wildman–Crippen MR) is 104 cm³/mol. The summed E-state index contributed by atoms with van der Waals surface area (Å²) in [6, 6.07) is 4.44. The van der Waals surface area contributed by atoms with Crippen LogP contribution in [0.15, 0.2) is 32.8 Å². The summed E-state index contributed by atoms with van der Waals surface area (Å²) in [5, 5.41) is 1.50. The van der Waals surface area contributed by atoms with E-state index in [9.17, 15) is 18.0 Å². The van der Waals surface area contributed by atoms with Gasteiger partial charge in [-0.1, -0.05) is 18.9 Å². The lowest BCUT2D eigenvalue weighted by Crippen LogP contribution is -2.26. The third kappa shape index (κ3) is 2.87. The Morgan fingerprint density at radius 3 is 2.66 bits per heavy atom. The Hall–Kier alpha value is -2.68. The SMILES string of the molecule is Cc1nc2c(oc3nc(-c4cccs4)cc(C(F)(F)F)c32)c(=O)n1C1CCCC1. The lowest BCUT2D eigenvalue weighted by atomic mass is 10.1. The van der Waals surface area contributed by atoms with Gasteiger partial charge in [-0.05, 0) is 37.3 Å². The highest BCUT2D eigenvalue weighted by atomic mass is 32.1. The summed E-state index contributed by atoms with van der Waals surface area (Å²) < 4.78 is 48.9. The standard InChI is InChI=1S/C20H16F3N3O2S/c1-10-24-16-15-12(20(21,22)23)9-13(14-7-4-8-29-14)25-18(15)28-17(16)19(27)26(10)11-5-2-3-6-11/h4,7-9,11H,2-3,5-6H2,1H3. The summed E-state index contributed by atoms with van der Waals surface area (Å²) in [5.41, 5.74) is -1.64. The summed E-state index contributed by atoms with van der Waals surface area (Å²) in [7, 11) is 0. The highest BCUT2D eigenvalue weighted by Crippen LogP contribution is 2.41. The topological polar surface area (TPSA) is 60.9 Å². The summed E-state index contributed by atoms with van der Waals surface area (Å²) >= 11 is 1.28. The maximum absolute atomic E-state index is 13.9. The van der Waals surface area contributed by atoms with Crippen LogP contribution in [0.4, 0.5) is 13.2 Å². The van der Waals surface area contributed by atoms with Crippen LogP contribution in [0.2, 0.25) is 0 Å². The first-order valence-corrected chi connectivity index (χ1v) is 10.2. The number of pyridine rings is 1. The van der Waals surface area contributed by atoms with Crippen LogP contribution in [-0.4, -0.2) is 14.5 Å². The molecule has 0 aromatic carbocycles. The molecule has 0 bridgehead atoms. The Bertz CT molecular complexity index is 1280. The zero-order valence-electron chi connectivity index (χ0n) is 15.4. The van der Waals surface area contributed by atoms with Crippen LogP contribution in [0.25, 0.3) is 32.8 Å². The van der Waals surface area contributed by atoms with Crippen LogP contribution < -0.4 is 5.56 Å². The number of halogens is 3. The second kappa shape index (κ2) is 6.41. The smallest absolute Gasteiger partial charge is 0.417 e. The molecule has 0 aliphatic heterocycles. The Morgan fingerprint density at radius 1 is 1.24 bits per heavy atom. The molecule has 4 aromatic rings. The van der Waals surface area contributed by atoms with E-state index in [-0.39, 0.29) is 33.9 Å². The van der Waals surface area contributed by atoms with Crippen molar-refractivity contribution in [1.29, 1.82) is 0 Å². The minimum atomic E-state index is -4.64. The van der Waals surface area contributed by atoms with E-state index < -0.39 is 17.3 Å². The van der Waals surface area contributed by atoms with Gasteiger partial charge in [0, 0.05) is 6.04 Å². The van der Waals surface area contributed by atoms with E-state index in [4.69, 9.17) is 4.42 Å². The number of fused-ring (bicyclic) bond motifs is 3. The van der Waals surface area contributed by atoms with Gasteiger partial charge in [0.05, 0.1) is 21.5 Å². The van der Waals surface area contributed by atoms with E-state index in [1.165, 1.54) is 11.3 Å². The monoisotopic (exact) mass is 419 g/mol. The van der Waals surface area contributed by atoms with Crippen molar-refractivity contribution in [3.8, 4) is 10.6 Å². The van der Waals surface area contributed by atoms with Gasteiger partial charge in [0.15, 0.2) is 0 Å². The number of aryl methyl sites for hydroxylation is 1. The minimum Gasteiger partial charge on any atom is -0.430 e. The van der Waals surface area contributed by atoms with Crippen molar-refractivity contribution >= 4 is 33.5 Å². The first kappa shape index (κ1) is 18.4. The van der Waals surface area contributed by atoms with E-state index in [0.717, 1.165) is 31.7 Å². The fourth-order valence-electron chi connectivity index (χ4n) is 4.17. The average Bonchev–Trinajstić information content (AvgIpc) is 3.41. The number of alkyl halides is 3. The van der Waals surface area contributed by atoms with Crippen molar-refractivity contribution in [2.24, 2.45) is 0 Å². The van der Waals surface area contributed by atoms with Crippen molar-refractivity contribution in [1.82, 2.24) is 14.5 Å². The van der Waals surface area contributed by atoms with E-state index in [1.54, 1.807) is 29.0 Å². The number of hydrogen-bond donors (Lipinski definition) is 0. The number of furan rings is 1. The Morgan fingerprint density at radius 2 is 2.00 bits per heavy atom. The quantitative estimate of drug-likeness (QED) is 0.418. The molecular formula is C20H16F3N3O2S. The molecule has 150 valence electrons. The molecule has 29 heavy (non-hydrogen) atoms. The molecule has 1 aliphatic carbocycles.